The Balaban J connectivity index is 1.27. The number of thioether (sulfide) groups is 2. The van der Waals surface area contributed by atoms with Gasteiger partial charge in [0.15, 0.2) is 5.16 Å². The molecule has 0 fully saturated rings. The lowest BCUT2D eigenvalue weighted by Gasteiger charge is -2.22. The molecule has 35 heavy (non-hydrogen) atoms. The summed E-state index contributed by atoms with van der Waals surface area (Å²) in [5, 5.41) is 10.1. The van der Waals surface area contributed by atoms with Gasteiger partial charge in [0.05, 0.1) is 16.7 Å². The number of benzene rings is 2. The molecule has 2 heterocycles. The molecule has 0 bridgehead atoms. The van der Waals surface area contributed by atoms with E-state index in [1.807, 2.05) is 36.2 Å². The maximum Gasteiger partial charge on any atom is 0.166 e. The topological polar surface area (TPSA) is 65.0 Å². The predicted molar refractivity (Wildman–Crippen MR) is 148 cm³/mol. The summed E-state index contributed by atoms with van der Waals surface area (Å²) < 4.78 is 0. The van der Waals surface area contributed by atoms with Crippen LogP contribution in [0.15, 0.2) is 76.9 Å². The summed E-state index contributed by atoms with van der Waals surface area (Å²) in [6.45, 7) is 5.51. The number of aliphatic hydroxyl groups is 1. The third-order valence-electron chi connectivity index (χ3n) is 5.98. The second-order valence-electron chi connectivity index (χ2n) is 8.62. The van der Waals surface area contributed by atoms with Crippen LogP contribution in [0.3, 0.4) is 0 Å². The van der Waals surface area contributed by atoms with Gasteiger partial charge in [0.25, 0.3) is 0 Å². The van der Waals surface area contributed by atoms with Gasteiger partial charge in [-0.25, -0.2) is 4.98 Å². The monoisotopic (exact) mass is 506 g/mol. The molecule has 2 aromatic carbocycles. The van der Waals surface area contributed by atoms with Crippen molar-refractivity contribution in [3.63, 3.8) is 0 Å². The van der Waals surface area contributed by atoms with E-state index in [1.165, 1.54) is 16.0 Å². The van der Waals surface area contributed by atoms with Gasteiger partial charge in [0, 0.05) is 30.0 Å². The van der Waals surface area contributed by atoms with Crippen LogP contribution >= 0.6 is 23.5 Å². The van der Waals surface area contributed by atoms with Gasteiger partial charge in [-0.1, -0.05) is 54.2 Å². The highest BCUT2D eigenvalue weighted by atomic mass is 32.2. The van der Waals surface area contributed by atoms with Crippen LogP contribution in [0, 0.1) is 6.92 Å². The minimum atomic E-state index is 0.271. The zero-order chi connectivity index (χ0) is 24.3. The molecule has 0 atom stereocenters. The third kappa shape index (κ3) is 7.84. The van der Waals surface area contributed by atoms with Crippen LogP contribution < -0.4 is 0 Å². The molecule has 0 unspecified atom stereocenters. The van der Waals surface area contributed by atoms with Gasteiger partial charge in [-0.2, -0.15) is 0 Å². The lowest BCUT2D eigenvalue weighted by atomic mass is 10.2. The minimum Gasteiger partial charge on any atom is -0.396 e. The number of unbranched alkanes of at least 4 members (excludes halogenated alkanes) is 1. The van der Waals surface area contributed by atoms with Crippen LogP contribution in [0.4, 0.5) is 0 Å². The first-order valence-corrected chi connectivity index (χ1v) is 14.2. The van der Waals surface area contributed by atoms with E-state index < -0.39 is 0 Å². The van der Waals surface area contributed by atoms with E-state index >= 15 is 0 Å². The molecule has 0 saturated carbocycles. The second-order valence-corrected chi connectivity index (χ2v) is 10.7. The number of imidazole rings is 1. The van der Waals surface area contributed by atoms with Crippen LogP contribution in [-0.2, 0) is 12.3 Å². The van der Waals surface area contributed by atoms with Gasteiger partial charge in [-0.3, -0.25) is 9.88 Å². The zero-order valence-electron chi connectivity index (χ0n) is 20.3. The Morgan fingerprint density at radius 3 is 2.54 bits per heavy atom. The summed E-state index contributed by atoms with van der Waals surface area (Å²) in [6, 6.07) is 20.9. The maximum atomic E-state index is 9.16. The van der Waals surface area contributed by atoms with Crippen molar-refractivity contribution >= 4 is 34.6 Å². The molecular weight excluding hydrogens is 472 g/mol. The molecule has 2 N–H and O–H groups in total. The summed E-state index contributed by atoms with van der Waals surface area (Å²) >= 11 is 3.63. The second kappa shape index (κ2) is 13.7. The van der Waals surface area contributed by atoms with Gasteiger partial charge in [0.2, 0.25) is 0 Å². The van der Waals surface area contributed by atoms with Gasteiger partial charge in [-0.05, 0) is 74.4 Å². The largest absolute Gasteiger partial charge is 0.396 e. The SMILES string of the molecule is Cc1c(SCCCN(CCCCO)Cc2ccccc2)ccnc1CSc1nc2ccccc2[nH]1. The Morgan fingerprint density at radius 1 is 0.914 bits per heavy atom. The van der Waals surface area contributed by atoms with E-state index in [2.05, 4.69) is 69.2 Å². The molecule has 0 radical (unpaired) electrons. The Bertz CT molecular complexity index is 1150. The minimum absolute atomic E-state index is 0.271. The number of aromatic amines is 1. The number of hydrogen-bond donors (Lipinski definition) is 2. The highest BCUT2D eigenvalue weighted by Gasteiger charge is 2.10. The van der Waals surface area contributed by atoms with E-state index in [-0.39, 0.29) is 6.61 Å². The highest BCUT2D eigenvalue weighted by Crippen LogP contribution is 2.28. The number of nitrogens with one attached hydrogen (secondary N) is 1. The molecule has 0 amide bonds. The number of pyridine rings is 1. The molecular formula is C28H34N4OS2. The quantitative estimate of drug-likeness (QED) is 0.154. The van der Waals surface area contributed by atoms with Gasteiger partial charge >= 0.3 is 0 Å². The molecule has 4 aromatic rings. The first-order valence-electron chi connectivity index (χ1n) is 12.2. The highest BCUT2D eigenvalue weighted by molar-refractivity contribution is 7.99. The zero-order valence-corrected chi connectivity index (χ0v) is 22.0. The number of para-hydroxylation sites is 2. The van der Waals surface area contributed by atoms with E-state index in [4.69, 9.17) is 5.11 Å². The molecule has 4 rings (SSSR count). The molecule has 7 heteroatoms. The molecule has 5 nitrogen and oxygen atoms in total. The van der Waals surface area contributed by atoms with Gasteiger partial charge in [-0.15, -0.1) is 11.8 Å². The summed E-state index contributed by atoms with van der Waals surface area (Å²) in [7, 11) is 0. The summed E-state index contributed by atoms with van der Waals surface area (Å²) in [6.07, 6.45) is 4.96. The smallest absolute Gasteiger partial charge is 0.166 e. The lowest BCUT2D eigenvalue weighted by Crippen LogP contribution is -2.26. The molecule has 0 aliphatic carbocycles. The number of aliphatic hydroxyl groups excluding tert-OH is 1. The molecule has 0 aliphatic rings. The molecule has 0 aliphatic heterocycles. The number of fused-ring (bicyclic) bond motifs is 1. The first-order chi connectivity index (χ1) is 17.2. The Hall–Kier alpha value is -2.32. The fourth-order valence-electron chi connectivity index (χ4n) is 4.02. The van der Waals surface area contributed by atoms with E-state index in [0.717, 1.165) is 72.3 Å². The number of H-pyrrole nitrogens is 1. The van der Waals surface area contributed by atoms with Crippen molar-refractivity contribution in [1.29, 1.82) is 0 Å². The van der Waals surface area contributed by atoms with Crippen LogP contribution in [-0.4, -0.2) is 50.4 Å². The standard InChI is InChI=1S/C28H34N4OS2/c1-22-26(21-35-28-30-24-12-5-6-13-25(24)31-28)29-15-14-27(22)34-19-9-17-32(16-7-8-18-33)20-23-10-3-2-4-11-23/h2-6,10-15,33H,7-9,16-21H2,1H3,(H,30,31). The van der Waals surface area contributed by atoms with Crippen molar-refractivity contribution in [3.05, 3.63) is 83.7 Å². The fraction of sp³-hybridized carbons (Fsp3) is 0.357. The Kier molecular flexibility index (Phi) is 10.1. The first kappa shape index (κ1) is 25.8. The average molecular weight is 507 g/mol. The van der Waals surface area contributed by atoms with Crippen molar-refractivity contribution in [2.45, 2.75) is 48.5 Å². The number of aromatic nitrogens is 3. The van der Waals surface area contributed by atoms with Crippen molar-refractivity contribution in [3.8, 4) is 0 Å². The van der Waals surface area contributed by atoms with Crippen molar-refractivity contribution in [2.75, 3.05) is 25.4 Å². The fourth-order valence-corrected chi connectivity index (χ4v) is 5.92. The Labute approximate surface area is 216 Å². The number of nitrogens with zero attached hydrogens (tertiary/aromatic N) is 3. The average Bonchev–Trinajstić information content (AvgIpc) is 3.30. The van der Waals surface area contributed by atoms with Gasteiger partial charge < -0.3 is 10.1 Å². The van der Waals surface area contributed by atoms with Crippen molar-refractivity contribution in [1.82, 2.24) is 19.9 Å². The lowest BCUT2D eigenvalue weighted by molar-refractivity contribution is 0.236. The van der Waals surface area contributed by atoms with Crippen LogP contribution in [0.25, 0.3) is 11.0 Å². The molecule has 0 spiro atoms. The van der Waals surface area contributed by atoms with E-state index in [0.29, 0.717) is 0 Å². The van der Waals surface area contributed by atoms with Crippen LogP contribution in [0.2, 0.25) is 0 Å². The van der Waals surface area contributed by atoms with Crippen molar-refractivity contribution in [2.24, 2.45) is 0 Å². The number of hydrogen-bond acceptors (Lipinski definition) is 6. The molecule has 0 saturated heterocycles. The molecule has 184 valence electrons. The predicted octanol–water partition coefficient (Wildman–Crippen LogP) is 6.32. The van der Waals surface area contributed by atoms with E-state index in [1.54, 1.807) is 11.8 Å². The summed E-state index contributed by atoms with van der Waals surface area (Å²) in [4.78, 5) is 16.5. The van der Waals surface area contributed by atoms with Gasteiger partial charge in [0.1, 0.15) is 0 Å². The van der Waals surface area contributed by atoms with E-state index in [9.17, 15) is 0 Å². The number of rotatable bonds is 14. The van der Waals surface area contributed by atoms with Crippen molar-refractivity contribution < 1.29 is 5.11 Å². The summed E-state index contributed by atoms with van der Waals surface area (Å²) in [5.74, 6) is 1.88. The third-order valence-corrected chi connectivity index (χ3v) is 8.11. The van der Waals surface area contributed by atoms with Crippen LogP contribution in [0.1, 0.15) is 36.1 Å². The summed E-state index contributed by atoms with van der Waals surface area (Å²) in [5.41, 5.74) is 5.81. The molecule has 2 aromatic heterocycles. The normalized spacial score (nSPS) is 11.5. The maximum absolute atomic E-state index is 9.16. The van der Waals surface area contributed by atoms with Crippen LogP contribution in [0.5, 0.6) is 0 Å². The Morgan fingerprint density at radius 2 is 1.71 bits per heavy atom.